The summed E-state index contributed by atoms with van der Waals surface area (Å²) in [5.74, 6) is 1.03. The number of rotatable bonds is 7. The van der Waals surface area contributed by atoms with Gasteiger partial charge in [0.25, 0.3) is 5.91 Å². The van der Waals surface area contributed by atoms with E-state index in [0.29, 0.717) is 38.4 Å². The summed E-state index contributed by atoms with van der Waals surface area (Å²) < 4.78 is 11.3. The van der Waals surface area contributed by atoms with Crippen LogP contribution in [0.1, 0.15) is 21.5 Å². The number of thiazole rings is 1. The molecule has 0 unspecified atom stereocenters. The average molecular weight is 511 g/mol. The predicted molar refractivity (Wildman–Crippen MR) is 139 cm³/mol. The van der Waals surface area contributed by atoms with E-state index in [2.05, 4.69) is 20.9 Å². The van der Waals surface area contributed by atoms with Crippen LogP contribution in [0.15, 0.2) is 54.6 Å². The van der Waals surface area contributed by atoms with E-state index in [0.717, 1.165) is 15.8 Å². The Morgan fingerprint density at radius 2 is 1.86 bits per heavy atom. The van der Waals surface area contributed by atoms with Crippen LogP contribution in [0.25, 0.3) is 10.2 Å². The van der Waals surface area contributed by atoms with Gasteiger partial charge in [-0.1, -0.05) is 35.1 Å². The van der Waals surface area contributed by atoms with Crippen molar-refractivity contribution in [2.45, 2.75) is 13.5 Å². The molecule has 0 atom stereocenters. The Balaban J connectivity index is 1.43. The van der Waals surface area contributed by atoms with Crippen LogP contribution in [0.3, 0.4) is 0 Å². The zero-order valence-electron chi connectivity index (χ0n) is 19.3. The summed E-state index contributed by atoms with van der Waals surface area (Å²) in [5, 5.41) is 9.28. The summed E-state index contributed by atoms with van der Waals surface area (Å²) in [7, 11) is 3.14. The van der Waals surface area contributed by atoms with Gasteiger partial charge in [-0.05, 0) is 55.0 Å². The Morgan fingerprint density at radius 1 is 1.03 bits per heavy atom. The van der Waals surface area contributed by atoms with Crippen molar-refractivity contribution in [1.29, 1.82) is 0 Å². The molecule has 0 saturated carbocycles. The molecule has 8 nitrogen and oxygen atoms in total. The minimum absolute atomic E-state index is 0.239. The van der Waals surface area contributed by atoms with Crippen molar-refractivity contribution >= 4 is 55.9 Å². The van der Waals surface area contributed by atoms with Crippen molar-refractivity contribution in [2.24, 2.45) is 0 Å². The summed E-state index contributed by atoms with van der Waals surface area (Å²) in [5.41, 5.74) is 3.35. The van der Waals surface area contributed by atoms with Gasteiger partial charge in [-0.2, -0.15) is 0 Å². The van der Waals surface area contributed by atoms with E-state index in [9.17, 15) is 9.59 Å². The number of carbonyl (C=O) groups excluding carboxylic acids is 2. The number of amides is 3. The highest BCUT2D eigenvalue weighted by Crippen LogP contribution is 2.29. The second-order valence-corrected chi connectivity index (χ2v) is 9.01. The maximum absolute atomic E-state index is 12.8. The summed E-state index contributed by atoms with van der Waals surface area (Å²) in [4.78, 5) is 29.7. The summed E-state index contributed by atoms with van der Waals surface area (Å²) in [6.45, 7) is 2.12. The van der Waals surface area contributed by atoms with E-state index < -0.39 is 6.03 Å². The molecule has 0 fully saturated rings. The fourth-order valence-corrected chi connectivity index (χ4v) is 4.60. The molecule has 0 radical (unpaired) electrons. The van der Waals surface area contributed by atoms with Gasteiger partial charge in [0.05, 0.1) is 35.1 Å². The second-order valence-electron chi connectivity index (χ2n) is 7.57. The number of hydrogen-bond donors (Lipinski definition) is 3. The number of anilines is 2. The van der Waals surface area contributed by atoms with Crippen molar-refractivity contribution in [3.63, 3.8) is 0 Å². The molecule has 3 N–H and O–H groups in total. The number of ether oxygens (including phenoxy) is 2. The maximum atomic E-state index is 12.8. The Labute approximate surface area is 211 Å². The number of urea groups is 1. The number of methoxy groups -OCH3 is 2. The van der Waals surface area contributed by atoms with Crippen LogP contribution in [0.2, 0.25) is 5.02 Å². The number of fused-ring (bicyclic) bond motifs is 1. The lowest BCUT2D eigenvalue weighted by Crippen LogP contribution is -2.28. The van der Waals surface area contributed by atoms with Gasteiger partial charge in [-0.25, -0.2) is 9.78 Å². The fourth-order valence-electron chi connectivity index (χ4n) is 3.43. The molecule has 0 bridgehead atoms. The molecular weight excluding hydrogens is 488 g/mol. The molecule has 0 spiro atoms. The molecule has 180 valence electrons. The Hall–Kier alpha value is -3.82. The summed E-state index contributed by atoms with van der Waals surface area (Å²) in [6, 6.07) is 15.5. The third kappa shape index (κ3) is 5.64. The number of hydrogen-bond acceptors (Lipinski definition) is 6. The zero-order valence-corrected chi connectivity index (χ0v) is 20.8. The first kappa shape index (κ1) is 24.3. The molecule has 4 aromatic rings. The molecule has 10 heteroatoms. The normalized spacial score (nSPS) is 10.6. The molecule has 3 amide bonds. The number of benzene rings is 3. The number of carbonyl (C=O) groups is 2. The Bertz CT molecular complexity index is 1390. The van der Waals surface area contributed by atoms with Crippen LogP contribution in [0.5, 0.6) is 11.5 Å². The van der Waals surface area contributed by atoms with Crippen LogP contribution in [0, 0.1) is 6.92 Å². The molecule has 1 heterocycles. The quantitative estimate of drug-likeness (QED) is 0.289. The van der Waals surface area contributed by atoms with Gasteiger partial charge >= 0.3 is 6.03 Å². The number of nitrogens with zero attached hydrogens (tertiary/aromatic N) is 1. The first-order valence-corrected chi connectivity index (χ1v) is 11.8. The van der Waals surface area contributed by atoms with Gasteiger partial charge < -0.3 is 20.1 Å². The van der Waals surface area contributed by atoms with E-state index >= 15 is 0 Å². The molecule has 4 rings (SSSR count). The van der Waals surface area contributed by atoms with Crippen molar-refractivity contribution in [2.75, 3.05) is 24.9 Å². The van der Waals surface area contributed by atoms with E-state index in [-0.39, 0.29) is 12.5 Å². The van der Waals surface area contributed by atoms with Crippen LogP contribution in [0.4, 0.5) is 15.6 Å². The minimum Gasteiger partial charge on any atom is -0.497 e. The number of aromatic nitrogens is 1. The standard InChI is InChI=1S/C25H23ClN4O4S/c1-14-5-4-6-18(26)22(14)29-23(31)15-7-9-19-21(12-15)35-25(28-19)30-24(32)27-13-16-11-17(33-2)8-10-20(16)34-3/h4-12H,13H2,1-3H3,(H,29,31)(H2,27,28,30,32). The van der Waals surface area contributed by atoms with Gasteiger partial charge in [0.2, 0.25) is 0 Å². The molecule has 1 aromatic heterocycles. The SMILES string of the molecule is COc1ccc(OC)c(CNC(=O)Nc2nc3ccc(C(=O)Nc4c(C)cccc4Cl)cc3s2)c1. The Kier molecular flexibility index (Phi) is 7.38. The smallest absolute Gasteiger partial charge is 0.321 e. The molecule has 0 saturated heterocycles. The molecule has 3 aromatic carbocycles. The molecule has 0 aliphatic rings. The van der Waals surface area contributed by atoms with Gasteiger partial charge in [-0.3, -0.25) is 10.1 Å². The monoisotopic (exact) mass is 510 g/mol. The predicted octanol–water partition coefficient (Wildman–Crippen LogP) is 5.85. The highest BCUT2D eigenvalue weighted by atomic mass is 35.5. The average Bonchev–Trinajstić information content (AvgIpc) is 3.26. The highest BCUT2D eigenvalue weighted by molar-refractivity contribution is 7.22. The van der Waals surface area contributed by atoms with Crippen LogP contribution < -0.4 is 25.4 Å². The van der Waals surface area contributed by atoms with E-state index in [1.54, 1.807) is 56.7 Å². The van der Waals surface area contributed by atoms with E-state index in [1.807, 2.05) is 19.1 Å². The minimum atomic E-state index is -0.416. The van der Waals surface area contributed by atoms with Crippen molar-refractivity contribution in [3.05, 3.63) is 76.3 Å². The topological polar surface area (TPSA) is 102 Å². The van der Waals surface area contributed by atoms with Crippen molar-refractivity contribution < 1.29 is 19.1 Å². The van der Waals surface area contributed by atoms with Crippen LogP contribution >= 0.6 is 22.9 Å². The highest BCUT2D eigenvalue weighted by Gasteiger charge is 2.14. The summed E-state index contributed by atoms with van der Waals surface area (Å²) in [6.07, 6.45) is 0. The van der Waals surface area contributed by atoms with E-state index in [1.165, 1.54) is 11.3 Å². The second kappa shape index (κ2) is 10.6. The molecular formula is C25H23ClN4O4S. The van der Waals surface area contributed by atoms with Gasteiger partial charge in [0.1, 0.15) is 11.5 Å². The van der Waals surface area contributed by atoms with Gasteiger partial charge in [-0.15, -0.1) is 0 Å². The Morgan fingerprint density at radius 3 is 2.60 bits per heavy atom. The molecule has 0 aliphatic carbocycles. The number of aryl methyl sites for hydroxylation is 1. The fraction of sp³-hybridized carbons (Fsp3) is 0.160. The zero-order chi connectivity index (χ0) is 24.9. The lowest BCUT2D eigenvalue weighted by atomic mass is 10.1. The first-order chi connectivity index (χ1) is 16.9. The first-order valence-electron chi connectivity index (χ1n) is 10.6. The summed E-state index contributed by atoms with van der Waals surface area (Å²) >= 11 is 7.49. The number of nitrogens with one attached hydrogen (secondary N) is 3. The van der Waals surface area contributed by atoms with Crippen molar-refractivity contribution in [1.82, 2.24) is 10.3 Å². The van der Waals surface area contributed by atoms with Gasteiger partial charge in [0, 0.05) is 17.7 Å². The third-order valence-electron chi connectivity index (χ3n) is 5.26. The van der Waals surface area contributed by atoms with Crippen LogP contribution in [-0.2, 0) is 6.54 Å². The lowest BCUT2D eigenvalue weighted by Gasteiger charge is -2.11. The third-order valence-corrected chi connectivity index (χ3v) is 6.51. The van der Waals surface area contributed by atoms with Crippen molar-refractivity contribution in [3.8, 4) is 11.5 Å². The maximum Gasteiger partial charge on any atom is 0.321 e. The number of para-hydroxylation sites is 1. The molecule has 0 aliphatic heterocycles. The van der Waals surface area contributed by atoms with Gasteiger partial charge in [0.15, 0.2) is 5.13 Å². The van der Waals surface area contributed by atoms with E-state index in [4.69, 9.17) is 21.1 Å². The lowest BCUT2D eigenvalue weighted by molar-refractivity contribution is 0.102. The number of halogens is 1. The largest absolute Gasteiger partial charge is 0.497 e. The van der Waals surface area contributed by atoms with Crippen LogP contribution in [-0.4, -0.2) is 31.1 Å². The molecule has 35 heavy (non-hydrogen) atoms.